The van der Waals surface area contributed by atoms with Crippen LogP contribution in [-0.2, 0) is 14.6 Å². The lowest BCUT2D eigenvalue weighted by molar-refractivity contribution is 0.132. The predicted molar refractivity (Wildman–Crippen MR) is 78.3 cm³/mol. The SMILES string of the molecule is CCCCOCCNCCN(C)C1CCS(=O)(=O)C1. The van der Waals surface area contributed by atoms with Crippen molar-refractivity contribution in [1.29, 1.82) is 0 Å². The average Bonchev–Trinajstić information content (AvgIpc) is 2.73. The fourth-order valence-electron chi connectivity index (χ4n) is 2.18. The molecular formula is C13H28N2O3S. The van der Waals surface area contributed by atoms with Gasteiger partial charge in [-0.1, -0.05) is 13.3 Å². The molecule has 1 unspecified atom stereocenters. The first kappa shape index (κ1) is 16.9. The quantitative estimate of drug-likeness (QED) is 0.595. The van der Waals surface area contributed by atoms with Crippen LogP contribution in [0.5, 0.6) is 0 Å². The van der Waals surface area contributed by atoms with Crippen molar-refractivity contribution in [3.05, 3.63) is 0 Å². The molecule has 5 nitrogen and oxygen atoms in total. The topological polar surface area (TPSA) is 58.6 Å². The standard InChI is InChI=1S/C13H28N2O3S/c1-3-4-9-18-10-7-14-6-8-15(2)13-5-11-19(16,17)12-13/h13-14H,3-12H2,1-2H3. The highest BCUT2D eigenvalue weighted by molar-refractivity contribution is 7.91. The lowest BCUT2D eigenvalue weighted by atomic mass is 10.2. The fraction of sp³-hybridized carbons (Fsp3) is 1.00. The number of hydrogen-bond acceptors (Lipinski definition) is 5. The van der Waals surface area contributed by atoms with Gasteiger partial charge in [-0.25, -0.2) is 8.42 Å². The van der Waals surface area contributed by atoms with E-state index in [4.69, 9.17) is 4.74 Å². The Morgan fingerprint density at radius 1 is 1.32 bits per heavy atom. The van der Waals surface area contributed by atoms with Crippen LogP contribution in [-0.4, -0.2) is 70.8 Å². The van der Waals surface area contributed by atoms with Crippen molar-refractivity contribution in [3.63, 3.8) is 0 Å². The minimum atomic E-state index is -2.77. The Hall–Kier alpha value is -0.170. The molecule has 0 aromatic carbocycles. The van der Waals surface area contributed by atoms with E-state index in [1.807, 2.05) is 7.05 Å². The molecule has 0 bridgehead atoms. The molecule has 6 heteroatoms. The van der Waals surface area contributed by atoms with Gasteiger partial charge in [0.25, 0.3) is 0 Å². The molecule has 19 heavy (non-hydrogen) atoms. The summed E-state index contributed by atoms with van der Waals surface area (Å²) < 4.78 is 28.2. The molecule has 114 valence electrons. The second kappa shape index (κ2) is 8.89. The molecule has 0 amide bonds. The molecule has 0 aliphatic carbocycles. The van der Waals surface area contributed by atoms with Gasteiger partial charge in [-0.3, -0.25) is 0 Å². The summed E-state index contributed by atoms with van der Waals surface area (Å²) in [6.07, 6.45) is 3.07. The van der Waals surface area contributed by atoms with Gasteiger partial charge >= 0.3 is 0 Å². The molecule has 0 spiro atoms. The van der Waals surface area contributed by atoms with Gasteiger partial charge in [-0.05, 0) is 19.9 Å². The number of unbranched alkanes of at least 4 members (excludes halogenated alkanes) is 1. The molecular weight excluding hydrogens is 264 g/mol. The van der Waals surface area contributed by atoms with E-state index in [2.05, 4.69) is 17.1 Å². The minimum Gasteiger partial charge on any atom is -0.380 e. The van der Waals surface area contributed by atoms with Crippen molar-refractivity contribution >= 4 is 9.84 Å². The average molecular weight is 292 g/mol. The van der Waals surface area contributed by atoms with Crippen LogP contribution in [0.15, 0.2) is 0 Å². The lowest BCUT2D eigenvalue weighted by Crippen LogP contribution is -2.38. The van der Waals surface area contributed by atoms with Gasteiger partial charge in [-0.15, -0.1) is 0 Å². The van der Waals surface area contributed by atoms with E-state index in [-0.39, 0.29) is 6.04 Å². The Kier molecular flexibility index (Phi) is 7.90. The highest BCUT2D eigenvalue weighted by Gasteiger charge is 2.30. The number of sulfone groups is 1. The summed E-state index contributed by atoms with van der Waals surface area (Å²) in [5.41, 5.74) is 0. The molecule has 0 aromatic heterocycles. The van der Waals surface area contributed by atoms with Gasteiger partial charge < -0.3 is 15.0 Å². The van der Waals surface area contributed by atoms with E-state index >= 15 is 0 Å². The van der Waals surface area contributed by atoms with Crippen molar-refractivity contribution in [2.75, 3.05) is 51.4 Å². The summed E-state index contributed by atoms with van der Waals surface area (Å²) in [5.74, 6) is 0.671. The smallest absolute Gasteiger partial charge is 0.151 e. The molecule has 1 N–H and O–H groups in total. The van der Waals surface area contributed by atoms with Crippen molar-refractivity contribution in [2.24, 2.45) is 0 Å². The second-order valence-corrected chi connectivity index (χ2v) is 7.48. The van der Waals surface area contributed by atoms with Crippen LogP contribution >= 0.6 is 0 Å². The largest absolute Gasteiger partial charge is 0.380 e. The van der Waals surface area contributed by atoms with Crippen molar-refractivity contribution < 1.29 is 13.2 Å². The van der Waals surface area contributed by atoms with E-state index in [0.29, 0.717) is 11.5 Å². The molecule has 1 aliphatic heterocycles. The van der Waals surface area contributed by atoms with E-state index in [1.54, 1.807) is 0 Å². The Labute approximate surface area is 117 Å². The van der Waals surface area contributed by atoms with E-state index in [0.717, 1.165) is 45.7 Å². The molecule has 0 radical (unpaired) electrons. The summed E-state index contributed by atoms with van der Waals surface area (Å²) in [5, 5.41) is 3.32. The van der Waals surface area contributed by atoms with Gasteiger partial charge in [0.2, 0.25) is 0 Å². The van der Waals surface area contributed by atoms with Crippen LogP contribution < -0.4 is 5.32 Å². The van der Waals surface area contributed by atoms with Gasteiger partial charge in [-0.2, -0.15) is 0 Å². The molecule has 1 heterocycles. The van der Waals surface area contributed by atoms with Crippen LogP contribution in [0.3, 0.4) is 0 Å². The van der Waals surface area contributed by atoms with Gasteiger partial charge in [0.1, 0.15) is 0 Å². The van der Waals surface area contributed by atoms with Crippen LogP contribution in [0.25, 0.3) is 0 Å². The number of hydrogen-bond donors (Lipinski definition) is 1. The molecule has 1 saturated heterocycles. The third kappa shape index (κ3) is 7.25. The third-order valence-corrected chi connectivity index (χ3v) is 5.29. The molecule has 1 atom stereocenters. The highest BCUT2D eigenvalue weighted by Crippen LogP contribution is 2.15. The molecule has 0 aromatic rings. The monoisotopic (exact) mass is 292 g/mol. The van der Waals surface area contributed by atoms with Crippen LogP contribution in [0.2, 0.25) is 0 Å². The highest BCUT2D eigenvalue weighted by atomic mass is 32.2. The Morgan fingerprint density at radius 2 is 2.11 bits per heavy atom. The molecule has 1 rings (SSSR count). The maximum atomic E-state index is 11.4. The Morgan fingerprint density at radius 3 is 2.74 bits per heavy atom. The number of nitrogens with zero attached hydrogens (tertiary/aromatic N) is 1. The minimum absolute atomic E-state index is 0.201. The number of likely N-dealkylation sites (N-methyl/N-ethyl adjacent to an activating group) is 1. The van der Waals surface area contributed by atoms with Gasteiger partial charge in [0, 0.05) is 32.3 Å². The van der Waals surface area contributed by atoms with Crippen molar-refractivity contribution in [2.45, 2.75) is 32.2 Å². The van der Waals surface area contributed by atoms with Crippen molar-refractivity contribution in [3.8, 4) is 0 Å². The lowest BCUT2D eigenvalue weighted by Gasteiger charge is -2.23. The number of nitrogens with one attached hydrogen (secondary N) is 1. The Bertz CT molecular complexity index is 333. The van der Waals surface area contributed by atoms with E-state index in [9.17, 15) is 8.42 Å². The summed E-state index contributed by atoms with van der Waals surface area (Å²) in [6.45, 7) is 6.38. The number of rotatable bonds is 10. The maximum absolute atomic E-state index is 11.4. The van der Waals surface area contributed by atoms with Gasteiger partial charge in [0.15, 0.2) is 9.84 Å². The first-order valence-electron chi connectivity index (χ1n) is 7.24. The van der Waals surface area contributed by atoms with E-state index in [1.165, 1.54) is 6.42 Å². The molecule has 1 aliphatic rings. The summed E-state index contributed by atoms with van der Waals surface area (Å²) in [4.78, 5) is 2.15. The zero-order valence-corrected chi connectivity index (χ0v) is 13.0. The first-order valence-corrected chi connectivity index (χ1v) is 9.06. The van der Waals surface area contributed by atoms with E-state index < -0.39 is 9.84 Å². The zero-order valence-electron chi connectivity index (χ0n) is 12.2. The summed E-state index contributed by atoms with van der Waals surface area (Å²) in [7, 11) is -0.766. The molecule has 1 fully saturated rings. The number of ether oxygens (including phenoxy) is 1. The third-order valence-electron chi connectivity index (χ3n) is 3.54. The fourth-order valence-corrected chi connectivity index (χ4v) is 3.98. The molecule has 0 saturated carbocycles. The van der Waals surface area contributed by atoms with Crippen molar-refractivity contribution in [1.82, 2.24) is 10.2 Å². The Balaban J connectivity index is 1.97. The maximum Gasteiger partial charge on any atom is 0.151 e. The van der Waals surface area contributed by atoms with Gasteiger partial charge in [0.05, 0.1) is 18.1 Å². The van der Waals surface area contributed by atoms with Crippen LogP contribution in [0.4, 0.5) is 0 Å². The second-order valence-electron chi connectivity index (χ2n) is 5.25. The predicted octanol–water partition coefficient (Wildman–Crippen LogP) is 0.512. The van der Waals surface area contributed by atoms with Crippen LogP contribution in [0.1, 0.15) is 26.2 Å². The summed E-state index contributed by atoms with van der Waals surface area (Å²) >= 11 is 0. The normalized spacial score (nSPS) is 22.2. The zero-order chi connectivity index (χ0) is 14.1. The first-order chi connectivity index (χ1) is 9.05. The van der Waals surface area contributed by atoms with Crippen LogP contribution in [0, 0.1) is 0 Å². The summed E-state index contributed by atoms with van der Waals surface area (Å²) in [6, 6.07) is 0.201.